The fourth-order valence-corrected chi connectivity index (χ4v) is 10.4. The van der Waals surface area contributed by atoms with Gasteiger partial charge in [0.15, 0.2) is 0 Å². The molecule has 502 valence electrons. The first-order chi connectivity index (χ1) is 42.6. The van der Waals surface area contributed by atoms with Gasteiger partial charge < -0.3 is 84.5 Å². The van der Waals surface area contributed by atoms with Gasteiger partial charge in [-0.15, -0.1) is 11.8 Å². The largest absolute Gasteiger partial charge is 0.524 e. The molecule has 3 rings (SSSR count). The van der Waals surface area contributed by atoms with Crippen LogP contribution in [0.4, 0.5) is 0 Å². The first-order valence-electron chi connectivity index (χ1n) is 28.3. The molecule has 12 amide bonds. The first kappa shape index (κ1) is 76.7. The number of phosphoric ester groups is 1. The molecule has 0 bridgehead atoms. The van der Waals surface area contributed by atoms with Crippen molar-refractivity contribution in [1.29, 1.82) is 0 Å². The minimum Gasteiger partial charge on any atom is -0.508 e. The molecule has 0 spiro atoms. The maximum Gasteiger partial charge on any atom is 0.524 e. The number of carbonyl (C=O) groups excluding carboxylic acids is 12. The number of carboxylic acids is 2. The van der Waals surface area contributed by atoms with Gasteiger partial charge in [-0.25, -0.2) is 4.57 Å². The standard InChI is InChI=1S/C55H79N12O21PS2/c1-27(2)20-36-51(80)64-37(22-30-8-12-32(13-9-30)88-89(85,86)87)52(81)61-34(15-17-45(74)75)49(78)65-39(23-41(56)69)54(83)67-46(28(3)4)55(84)58-24-42(70)59-35(18-19-90-5)50(79)63-38(21-29-6-10-31(68)11-7-29)53(82)66-40(47(57)76)25-91-26-43(71)60-33(48(77)62-36)14-16-44(72)73/h6-13,27-28,33-40,46,68H,14-26H2,1-5H3,(H2,56,69)(H2,57,76)(H,58,84)(H,59,70)(H,60,71)(H,61,81)(H,62,77)(H,63,79)(H,64,80)(H,65,78)(H,66,82)(H,67,83)(H,72,73)(H,74,75)(H2,85,86,87)/t33-,34-,35-,36-,37-,38-,39-,40-,46-/m0/s1. The Morgan fingerprint density at radius 1 is 0.593 bits per heavy atom. The van der Waals surface area contributed by atoms with Gasteiger partial charge in [-0.3, -0.25) is 76.9 Å². The van der Waals surface area contributed by atoms with Gasteiger partial charge in [0.2, 0.25) is 70.9 Å². The number of rotatable bonds is 21. The lowest BCUT2D eigenvalue weighted by Gasteiger charge is -2.28. The maximum absolute atomic E-state index is 14.5. The molecular weight excluding hydrogens is 1260 g/mol. The second-order valence-electron chi connectivity index (χ2n) is 21.7. The Bertz CT molecular complexity index is 2990. The fourth-order valence-electron chi connectivity index (χ4n) is 8.68. The lowest BCUT2D eigenvalue weighted by molar-refractivity contribution is -0.139. The van der Waals surface area contributed by atoms with Gasteiger partial charge >= 0.3 is 19.8 Å². The quantitative estimate of drug-likeness (QED) is 0.0538. The molecular formula is C55H79N12O21PS2. The average Bonchev–Trinajstić information content (AvgIpc) is 2.21. The Morgan fingerprint density at radius 2 is 1.03 bits per heavy atom. The van der Waals surface area contributed by atoms with Crippen molar-refractivity contribution in [2.45, 2.75) is 140 Å². The lowest BCUT2D eigenvalue weighted by Crippen LogP contribution is -2.61. The first-order valence-corrected chi connectivity index (χ1v) is 32.4. The van der Waals surface area contributed by atoms with E-state index in [0.717, 1.165) is 23.9 Å². The Hall–Kier alpha value is -8.53. The predicted molar refractivity (Wildman–Crippen MR) is 326 cm³/mol. The van der Waals surface area contributed by atoms with Crippen molar-refractivity contribution < 1.29 is 101 Å². The second-order valence-corrected chi connectivity index (χ2v) is 24.9. The van der Waals surface area contributed by atoms with Crippen LogP contribution < -0.4 is 69.2 Å². The minimum absolute atomic E-state index is 0.0370. The number of carbonyl (C=O) groups is 14. The molecule has 91 heavy (non-hydrogen) atoms. The van der Waals surface area contributed by atoms with E-state index in [1.165, 1.54) is 62.0 Å². The number of phosphoric acid groups is 1. The Kier molecular flexibility index (Phi) is 31.7. The monoisotopic (exact) mass is 1340 g/mol. The molecule has 1 aliphatic rings. The molecule has 36 heteroatoms. The molecule has 0 aromatic heterocycles. The van der Waals surface area contributed by atoms with Gasteiger partial charge in [-0.05, 0) is 84.9 Å². The number of aromatic hydroxyl groups is 1. The van der Waals surface area contributed by atoms with Crippen molar-refractivity contribution in [3.63, 3.8) is 0 Å². The van der Waals surface area contributed by atoms with Gasteiger partial charge in [0.1, 0.15) is 65.9 Å². The third-order valence-corrected chi connectivity index (χ3v) is 15.4. The van der Waals surface area contributed by atoms with Crippen LogP contribution in [0.25, 0.3) is 0 Å². The summed E-state index contributed by atoms with van der Waals surface area (Å²) in [6.07, 6.45) is -3.01. The summed E-state index contributed by atoms with van der Waals surface area (Å²) in [6, 6.07) is -4.65. The summed E-state index contributed by atoms with van der Waals surface area (Å²) in [4.78, 5) is 208. The van der Waals surface area contributed by atoms with Crippen LogP contribution in [-0.2, 0) is 84.5 Å². The number of hydrogen-bond acceptors (Lipinski definition) is 19. The van der Waals surface area contributed by atoms with E-state index in [2.05, 4.69) is 57.7 Å². The van der Waals surface area contributed by atoms with Crippen molar-refractivity contribution in [3.05, 3.63) is 59.7 Å². The van der Waals surface area contributed by atoms with Crippen molar-refractivity contribution in [2.24, 2.45) is 23.3 Å². The van der Waals surface area contributed by atoms with Crippen LogP contribution in [0.1, 0.15) is 83.8 Å². The second kappa shape index (κ2) is 37.6. The van der Waals surface area contributed by atoms with Gasteiger partial charge in [-0.1, -0.05) is 52.0 Å². The molecule has 1 aliphatic heterocycles. The number of primary amides is 2. The number of thioether (sulfide) groups is 2. The van der Waals surface area contributed by atoms with E-state index in [1.807, 2.05) is 0 Å². The number of aliphatic carboxylic acids is 2. The average molecular weight is 1340 g/mol. The molecule has 1 saturated heterocycles. The topological polar surface area (TPSA) is 539 Å². The zero-order chi connectivity index (χ0) is 68.3. The third-order valence-electron chi connectivity index (χ3n) is 13.3. The summed E-state index contributed by atoms with van der Waals surface area (Å²) in [5.41, 5.74) is 11.7. The van der Waals surface area contributed by atoms with Crippen molar-refractivity contribution >= 4 is 114 Å². The number of benzene rings is 2. The number of carboxylic acid groups (broad SMARTS) is 2. The number of hydrogen-bond donors (Lipinski definition) is 17. The minimum atomic E-state index is -5.06. The lowest BCUT2D eigenvalue weighted by atomic mass is 9.99. The molecule has 1 heterocycles. The van der Waals surface area contributed by atoms with E-state index in [9.17, 15) is 96.8 Å². The van der Waals surface area contributed by atoms with Crippen molar-refractivity contribution in [3.8, 4) is 11.5 Å². The summed E-state index contributed by atoms with van der Waals surface area (Å²) >= 11 is 2.02. The summed E-state index contributed by atoms with van der Waals surface area (Å²) in [5, 5.41) is 53.5. The molecule has 0 radical (unpaired) electrons. The highest BCUT2D eigenvalue weighted by molar-refractivity contribution is 8.00. The molecule has 9 atom stereocenters. The summed E-state index contributed by atoms with van der Waals surface area (Å²) in [5.74, 6) is -18.1. The van der Waals surface area contributed by atoms with Crippen molar-refractivity contribution in [1.82, 2.24) is 53.2 Å². The number of nitrogens with two attached hydrogens (primary N) is 2. The van der Waals surface area contributed by atoms with Crippen LogP contribution in [0.3, 0.4) is 0 Å². The SMILES string of the molecule is CSCC[C@@H]1NC(=O)CNC(=O)[C@H](C(C)C)NC(=O)[C@H](CC(N)=O)NC(=O)[C@H](CCC(=O)O)NC(=O)[C@H](Cc2ccc(OP(=O)(O)O)cc2)NC(=O)[C@H](CC(C)C)NC(=O)[C@H](CCC(=O)O)NC(=O)CSC[C@@H](C(N)=O)NC(=O)[C@H](Cc2ccc(O)cc2)NC1=O. The molecule has 33 nitrogen and oxygen atoms in total. The zero-order valence-corrected chi connectivity index (χ0v) is 52.9. The summed E-state index contributed by atoms with van der Waals surface area (Å²) < 4.78 is 16.2. The normalized spacial score (nSPS) is 23.1. The molecule has 19 N–H and O–H groups in total. The molecule has 2 aromatic rings. The van der Waals surface area contributed by atoms with Gasteiger partial charge in [0.05, 0.1) is 18.7 Å². The highest BCUT2D eigenvalue weighted by Gasteiger charge is 2.37. The zero-order valence-electron chi connectivity index (χ0n) is 50.3. The Balaban J connectivity index is 2.21. The van der Waals surface area contributed by atoms with Crippen LogP contribution in [0.5, 0.6) is 11.5 Å². The van der Waals surface area contributed by atoms with Gasteiger partial charge in [0.25, 0.3) is 0 Å². The van der Waals surface area contributed by atoms with Crippen LogP contribution >= 0.6 is 31.3 Å². The third kappa shape index (κ3) is 28.9. The van der Waals surface area contributed by atoms with E-state index >= 15 is 0 Å². The number of amides is 12. The van der Waals surface area contributed by atoms with E-state index in [0.29, 0.717) is 5.56 Å². The summed E-state index contributed by atoms with van der Waals surface area (Å²) in [7, 11) is -5.06. The highest BCUT2D eigenvalue weighted by Crippen LogP contribution is 2.37. The molecule has 0 aliphatic carbocycles. The molecule has 0 saturated carbocycles. The smallest absolute Gasteiger partial charge is 0.508 e. The van der Waals surface area contributed by atoms with Crippen LogP contribution in [-0.4, -0.2) is 192 Å². The Morgan fingerprint density at radius 3 is 1.52 bits per heavy atom. The van der Waals surface area contributed by atoms with E-state index in [1.54, 1.807) is 20.1 Å². The molecule has 2 aromatic carbocycles. The Labute approximate surface area is 530 Å². The van der Waals surface area contributed by atoms with Gasteiger partial charge in [0, 0.05) is 31.4 Å². The number of phenolic OH excluding ortho intramolecular Hbond substituents is 1. The maximum atomic E-state index is 14.5. The molecule has 0 unspecified atom stereocenters. The van der Waals surface area contributed by atoms with E-state index in [-0.39, 0.29) is 42.1 Å². The number of nitrogens with one attached hydrogen (secondary N) is 10. The van der Waals surface area contributed by atoms with Crippen LogP contribution in [0, 0.1) is 11.8 Å². The fraction of sp³-hybridized carbons (Fsp3) is 0.527. The van der Waals surface area contributed by atoms with Crippen molar-refractivity contribution in [2.75, 3.05) is 30.1 Å². The number of phenols is 1. The van der Waals surface area contributed by atoms with E-state index < -0.39 is 213 Å². The van der Waals surface area contributed by atoms with Crippen LogP contribution in [0.15, 0.2) is 48.5 Å². The summed E-state index contributed by atoms with van der Waals surface area (Å²) in [6.45, 7) is 5.43. The van der Waals surface area contributed by atoms with Gasteiger partial charge in [-0.2, -0.15) is 11.8 Å². The molecule has 1 fully saturated rings. The predicted octanol–water partition coefficient (Wildman–Crippen LogP) is -3.58. The van der Waals surface area contributed by atoms with E-state index in [4.69, 9.17) is 11.5 Å². The van der Waals surface area contributed by atoms with Crippen LogP contribution in [0.2, 0.25) is 0 Å². The highest BCUT2D eigenvalue weighted by atomic mass is 32.2.